The van der Waals surface area contributed by atoms with Gasteiger partial charge in [-0.05, 0) is 42.0 Å². The third-order valence-corrected chi connectivity index (χ3v) is 4.08. The first-order valence-corrected chi connectivity index (χ1v) is 8.16. The largest absolute Gasteiger partial charge is 0.497 e. The fraction of sp³-hybridized carbons (Fsp3) is 0.100. The van der Waals surface area contributed by atoms with Gasteiger partial charge in [-0.15, -0.1) is 0 Å². The quantitative estimate of drug-likeness (QED) is 0.520. The molecule has 0 spiro atoms. The zero-order chi connectivity index (χ0) is 17.9. The molecule has 0 fully saturated rings. The van der Waals surface area contributed by atoms with Gasteiger partial charge in [0.15, 0.2) is 17.3 Å². The molecule has 0 N–H and O–H groups in total. The van der Waals surface area contributed by atoms with E-state index in [4.69, 9.17) is 4.74 Å². The SMILES string of the molecule is COc1cccc(-c2ccc3nc(CC(=O)c4cccnc4)nn3c2)c1. The molecule has 0 aliphatic carbocycles. The Kier molecular flexibility index (Phi) is 4.15. The number of rotatable bonds is 5. The molecule has 0 saturated heterocycles. The van der Waals surface area contributed by atoms with E-state index in [0.717, 1.165) is 16.9 Å². The Labute approximate surface area is 150 Å². The highest BCUT2D eigenvalue weighted by molar-refractivity contribution is 5.96. The van der Waals surface area contributed by atoms with Crippen LogP contribution in [0.5, 0.6) is 5.75 Å². The van der Waals surface area contributed by atoms with Crippen LogP contribution in [0.2, 0.25) is 0 Å². The normalized spacial score (nSPS) is 10.8. The molecule has 6 nitrogen and oxygen atoms in total. The molecular weight excluding hydrogens is 328 g/mol. The van der Waals surface area contributed by atoms with Crippen molar-refractivity contribution in [3.05, 3.63) is 78.5 Å². The van der Waals surface area contributed by atoms with Gasteiger partial charge in [0.25, 0.3) is 0 Å². The van der Waals surface area contributed by atoms with Gasteiger partial charge < -0.3 is 4.74 Å². The first kappa shape index (κ1) is 16.0. The van der Waals surface area contributed by atoms with E-state index in [-0.39, 0.29) is 12.2 Å². The topological polar surface area (TPSA) is 69.4 Å². The Morgan fingerprint density at radius 1 is 1.12 bits per heavy atom. The maximum Gasteiger partial charge on any atom is 0.172 e. The van der Waals surface area contributed by atoms with Crippen molar-refractivity contribution in [2.45, 2.75) is 6.42 Å². The molecule has 0 atom stereocenters. The minimum Gasteiger partial charge on any atom is -0.497 e. The lowest BCUT2D eigenvalue weighted by molar-refractivity contribution is 0.0990. The molecule has 0 bridgehead atoms. The molecule has 4 rings (SSSR count). The Balaban J connectivity index is 1.62. The minimum atomic E-state index is -0.0537. The summed E-state index contributed by atoms with van der Waals surface area (Å²) in [5.41, 5.74) is 3.27. The summed E-state index contributed by atoms with van der Waals surface area (Å²) in [4.78, 5) is 20.7. The summed E-state index contributed by atoms with van der Waals surface area (Å²) in [5.74, 6) is 1.23. The molecule has 0 amide bonds. The Hall–Kier alpha value is -3.54. The number of aromatic nitrogens is 4. The minimum absolute atomic E-state index is 0.0537. The van der Waals surface area contributed by atoms with Crippen LogP contribution >= 0.6 is 0 Å². The maximum atomic E-state index is 12.3. The number of methoxy groups -OCH3 is 1. The van der Waals surface area contributed by atoms with Crippen molar-refractivity contribution < 1.29 is 9.53 Å². The van der Waals surface area contributed by atoms with Crippen LogP contribution in [0.3, 0.4) is 0 Å². The summed E-state index contributed by atoms with van der Waals surface area (Å²) >= 11 is 0. The maximum absolute atomic E-state index is 12.3. The summed E-state index contributed by atoms with van der Waals surface area (Å²) < 4.78 is 6.97. The number of hydrogen-bond acceptors (Lipinski definition) is 5. The number of ketones is 1. The second kappa shape index (κ2) is 6.76. The van der Waals surface area contributed by atoms with E-state index in [1.807, 2.05) is 42.6 Å². The Morgan fingerprint density at radius 2 is 2.04 bits per heavy atom. The van der Waals surface area contributed by atoms with Crippen molar-refractivity contribution in [3.8, 4) is 16.9 Å². The van der Waals surface area contributed by atoms with E-state index in [1.54, 1.807) is 36.2 Å². The standard InChI is InChI=1S/C20H16N4O2/c1-26-17-6-2-4-14(10-17)16-7-8-20-22-19(23-24(20)13-16)11-18(25)15-5-3-9-21-12-15/h2-10,12-13H,11H2,1H3. The Morgan fingerprint density at radius 3 is 2.85 bits per heavy atom. The van der Waals surface area contributed by atoms with Crippen molar-refractivity contribution in [2.24, 2.45) is 0 Å². The predicted molar refractivity (Wildman–Crippen MR) is 97.2 cm³/mol. The molecule has 26 heavy (non-hydrogen) atoms. The highest BCUT2D eigenvalue weighted by atomic mass is 16.5. The number of carbonyl (C=O) groups is 1. The van der Waals surface area contributed by atoms with Crippen molar-refractivity contribution >= 4 is 11.4 Å². The zero-order valence-electron chi connectivity index (χ0n) is 14.2. The number of benzene rings is 1. The van der Waals surface area contributed by atoms with Crippen LogP contribution in [0.4, 0.5) is 0 Å². The number of fused-ring (bicyclic) bond motifs is 1. The first-order chi connectivity index (χ1) is 12.7. The highest BCUT2D eigenvalue weighted by Crippen LogP contribution is 2.24. The molecule has 128 valence electrons. The third-order valence-electron chi connectivity index (χ3n) is 4.08. The zero-order valence-corrected chi connectivity index (χ0v) is 14.2. The summed E-state index contributed by atoms with van der Waals surface area (Å²) in [6.07, 6.45) is 5.23. The van der Waals surface area contributed by atoms with Crippen molar-refractivity contribution in [1.29, 1.82) is 0 Å². The van der Waals surface area contributed by atoms with Crippen LogP contribution in [0.15, 0.2) is 67.1 Å². The van der Waals surface area contributed by atoms with Crippen molar-refractivity contribution in [1.82, 2.24) is 19.6 Å². The van der Waals surface area contributed by atoms with Crippen LogP contribution in [0, 0.1) is 0 Å². The molecule has 0 saturated carbocycles. The lowest BCUT2D eigenvalue weighted by Gasteiger charge is -2.04. The van der Waals surface area contributed by atoms with Gasteiger partial charge in [-0.3, -0.25) is 9.78 Å². The van der Waals surface area contributed by atoms with Gasteiger partial charge in [0.1, 0.15) is 5.75 Å². The first-order valence-electron chi connectivity index (χ1n) is 8.16. The molecule has 6 heteroatoms. The van der Waals surface area contributed by atoms with Gasteiger partial charge in [-0.1, -0.05) is 12.1 Å². The fourth-order valence-corrected chi connectivity index (χ4v) is 2.75. The van der Waals surface area contributed by atoms with Crippen LogP contribution in [-0.2, 0) is 6.42 Å². The van der Waals surface area contributed by atoms with Gasteiger partial charge in [0.2, 0.25) is 0 Å². The summed E-state index contributed by atoms with van der Waals surface area (Å²) in [6, 6.07) is 15.2. The monoisotopic (exact) mass is 344 g/mol. The van der Waals surface area contributed by atoms with E-state index < -0.39 is 0 Å². The number of carbonyl (C=O) groups excluding carboxylic acids is 1. The van der Waals surface area contributed by atoms with Gasteiger partial charge in [-0.2, -0.15) is 5.10 Å². The summed E-state index contributed by atoms with van der Waals surface area (Å²) in [7, 11) is 1.64. The van der Waals surface area contributed by atoms with Crippen LogP contribution in [0.1, 0.15) is 16.2 Å². The van der Waals surface area contributed by atoms with Crippen LogP contribution < -0.4 is 4.74 Å². The Bertz CT molecular complexity index is 1070. The molecule has 3 heterocycles. The van der Waals surface area contributed by atoms with E-state index in [9.17, 15) is 4.79 Å². The average molecular weight is 344 g/mol. The number of pyridine rings is 2. The number of ether oxygens (including phenoxy) is 1. The molecule has 1 aromatic carbocycles. The summed E-state index contributed by atoms with van der Waals surface area (Å²) in [5, 5.41) is 4.44. The number of Topliss-reactive ketones (excluding diaryl/α,β-unsaturated/α-hetero) is 1. The van der Waals surface area contributed by atoms with Gasteiger partial charge in [-0.25, -0.2) is 9.50 Å². The molecule has 0 aliphatic rings. The van der Waals surface area contributed by atoms with Crippen molar-refractivity contribution in [3.63, 3.8) is 0 Å². The molecular formula is C20H16N4O2. The van der Waals surface area contributed by atoms with Crippen molar-refractivity contribution in [2.75, 3.05) is 7.11 Å². The molecule has 0 aliphatic heterocycles. The second-order valence-electron chi connectivity index (χ2n) is 5.82. The molecule has 0 radical (unpaired) electrons. The predicted octanol–water partition coefficient (Wildman–Crippen LogP) is 3.23. The third kappa shape index (κ3) is 3.17. The average Bonchev–Trinajstić information content (AvgIpc) is 3.10. The van der Waals surface area contributed by atoms with Gasteiger partial charge >= 0.3 is 0 Å². The van der Waals surface area contributed by atoms with Gasteiger partial charge in [0, 0.05) is 29.7 Å². The van der Waals surface area contributed by atoms with Crippen LogP contribution in [-0.4, -0.2) is 32.5 Å². The van der Waals surface area contributed by atoms with Gasteiger partial charge in [0.05, 0.1) is 13.5 Å². The number of nitrogens with zero attached hydrogens (tertiary/aromatic N) is 4. The van der Waals surface area contributed by atoms with Crippen LogP contribution in [0.25, 0.3) is 16.8 Å². The lowest BCUT2D eigenvalue weighted by Crippen LogP contribution is -2.05. The highest BCUT2D eigenvalue weighted by Gasteiger charge is 2.12. The van der Waals surface area contributed by atoms with E-state index in [1.165, 1.54) is 0 Å². The van der Waals surface area contributed by atoms with E-state index in [2.05, 4.69) is 15.1 Å². The molecule has 3 aromatic heterocycles. The lowest BCUT2D eigenvalue weighted by atomic mass is 10.1. The summed E-state index contributed by atoms with van der Waals surface area (Å²) in [6.45, 7) is 0. The number of hydrogen-bond donors (Lipinski definition) is 0. The fourth-order valence-electron chi connectivity index (χ4n) is 2.75. The van der Waals surface area contributed by atoms with E-state index in [0.29, 0.717) is 17.0 Å². The molecule has 4 aromatic rings. The smallest absolute Gasteiger partial charge is 0.172 e. The van der Waals surface area contributed by atoms with E-state index >= 15 is 0 Å². The molecule has 0 unspecified atom stereocenters. The second-order valence-corrected chi connectivity index (χ2v) is 5.82.